The molecule has 0 saturated carbocycles. The smallest absolute Gasteiger partial charge is 0.311 e. The highest BCUT2D eigenvalue weighted by Crippen LogP contribution is 2.25. The number of amides is 2. The third-order valence-corrected chi connectivity index (χ3v) is 5.55. The number of hydrogen-bond acceptors (Lipinski definition) is 3. The highest BCUT2D eigenvalue weighted by molar-refractivity contribution is 7.07. The van der Waals surface area contributed by atoms with Gasteiger partial charge < -0.3 is 9.88 Å². The van der Waals surface area contributed by atoms with Gasteiger partial charge in [-0.25, -0.2) is 10.2 Å². The van der Waals surface area contributed by atoms with Gasteiger partial charge in [0, 0.05) is 17.6 Å². The van der Waals surface area contributed by atoms with Crippen molar-refractivity contribution in [2.75, 3.05) is 5.32 Å². The average molecular weight is 427 g/mol. The lowest BCUT2D eigenvalue weighted by atomic mass is 10.0. The highest BCUT2D eigenvalue weighted by atomic mass is 32.1. The molecule has 3 aromatic carbocycles. The number of rotatable bonds is 6. The van der Waals surface area contributed by atoms with Gasteiger partial charge in [0.15, 0.2) is 0 Å². The largest absolute Gasteiger partial charge is 0.339 e. The van der Waals surface area contributed by atoms with Crippen LogP contribution in [0.4, 0.5) is 10.5 Å². The first kappa shape index (κ1) is 20.4. The molecule has 0 saturated heterocycles. The summed E-state index contributed by atoms with van der Waals surface area (Å²) in [5.74, 6) is 0. The van der Waals surface area contributed by atoms with E-state index >= 15 is 0 Å². The topological polar surface area (TPSA) is 58.4 Å². The molecule has 0 aliphatic carbocycles. The van der Waals surface area contributed by atoms with Crippen molar-refractivity contribution in [2.24, 2.45) is 5.10 Å². The fraction of sp³-hybridized carbons (Fsp3) is 0.0400. The monoisotopic (exact) mass is 426 g/mol. The molecular formula is C25H22N4OS. The van der Waals surface area contributed by atoms with Gasteiger partial charge in [-0.1, -0.05) is 78.9 Å². The van der Waals surface area contributed by atoms with Crippen molar-refractivity contribution in [2.45, 2.75) is 6.54 Å². The first-order valence-electron chi connectivity index (χ1n) is 9.85. The predicted octanol–water partition coefficient (Wildman–Crippen LogP) is 5.71. The molecular weight excluding hydrogens is 404 g/mol. The molecule has 1 aromatic heterocycles. The summed E-state index contributed by atoms with van der Waals surface area (Å²) in [5.41, 5.74) is 7.73. The van der Waals surface area contributed by atoms with Crippen LogP contribution in [0.2, 0.25) is 0 Å². The number of carbonyl (C=O) groups excluding carboxylic acids is 1. The second kappa shape index (κ2) is 9.73. The van der Waals surface area contributed by atoms with E-state index in [4.69, 9.17) is 0 Å². The minimum Gasteiger partial charge on any atom is -0.311 e. The molecule has 0 spiro atoms. The number of aromatic nitrogens is 1. The van der Waals surface area contributed by atoms with Crippen LogP contribution in [0.25, 0.3) is 22.4 Å². The minimum atomic E-state index is -0.390. The SMILES string of the molecule is C=CCn1c(-c2ccc(-c3ccccc3)cc2)cs/c1=N/NC(=O)Nc1ccccc1. The van der Waals surface area contributed by atoms with Gasteiger partial charge in [-0.05, 0) is 28.8 Å². The van der Waals surface area contributed by atoms with Gasteiger partial charge >= 0.3 is 6.03 Å². The molecule has 5 nitrogen and oxygen atoms in total. The van der Waals surface area contributed by atoms with E-state index in [-0.39, 0.29) is 0 Å². The number of carbonyl (C=O) groups is 1. The molecule has 154 valence electrons. The molecule has 0 radical (unpaired) electrons. The quantitative estimate of drug-likeness (QED) is 0.301. The van der Waals surface area contributed by atoms with Crippen molar-refractivity contribution < 1.29 is 4.79 Å². The number of hydrogen-bond donors (Lipinski definition) is 2. The van der Waals surface area contributed by atoms with Gasteiger partial charge in [0.25, 0.3) is 0 Å². The third-order valence-electron chi connectivity index (χ3n) is 4.68. The minimum absolute atomic E-state index is 0.390. The van der Waals surface area contributed by atoms with Crippen molar-refractivity contribution in [3.63, 3.8) is 0 Å². The summed E-state index contributed by atoms with van der Waals surface area (Å²) >= 11 is 1.47. The summed E-state index contributed by atoms with van der Waals surface area (Å²) in [7, 11) is 0. The standard InChI is InChI=1S/C25H22N4OS/c1-2-17-29-23(21-15-13-20(14-16-21)19-9-5-3-6-10-19)18-31-25(29)28-27-24(30)26-22-11-7-4-8-12-22/h2-16,18H,1,17H2,(H2,26,27,30)/b28-25+. The zero-order chi connectivity index (χ0) is 21.5. The zero-order valence-corrected chi connectivity index (χ0v) is 17.7. The van der Waals surface area contributed by atoms with Crippen LogP contribution >= 0.6 is 11.3 Å². The zero-order valence-electron chi connectivity index (χ0n) is 16.9. The van der Waals surface area contributed by atoms with Crippen molar-refractivity contribution in [1.82, 2.24) is 9.99 Å². The van der Waals surface area contributed by atoms with Crippen molar-refractivity contribution in [1.29, 1.82) is 0 Å². The Bertz CT molecular complexity index is 1230. The Hall–Kier alpha value is -3.90. The maximum Gasteiger partial charge on any atom is 0.339 e. The number of allylic oxidation sites excluding steroid dienone is 1. The van der Waals surface area contributed by atoms with Gasteiger partial charge in [-0.2, -0.15) is 0 Å². The van der Waals surface area contributed by atoms with Gasteiger partial charge in [-0.15, -0.1) is 23.0 Å². The van der Waals surface area contributed by atoms with Crippen LogP contribution in [0.3, 0.4) is 0 Å². The van der Waals surface area contributed by atoms with Gasteiger partial charge in [0.05, 0.1) is 5.69 Å². The number of urea groups is 1. The Morgan fingerprint density at radius 3 is 2.19 bits per heavy atom. The fourth-order valence-electron chi connectivity index (χ4n) is 3.20. The molecule has 1 heterocycles. The third kappa shape index (κ3) is 4.99. The summed E-state index contributed by atoms with van der Waals surface area (Å²) in [5, 5.41) is 9.10. The van der Waals surface area contributed by atoms with Crippen LogP contribution in [0, 0.1) is 0 Å². The molecule has 0 atom stereocenters. The number of nitrogens with zero attached hydrogens (tertiary/aromatic N) is 2. The van der Waals surface area contributed by atoms with E-state index in [0.29, 0.717) is 17.0 Å². The maximum atomic E-state index is 12.2. The summed E-state index contributed by atoms with van der Waals surface area (Å²) in [4.78, 5) is 12.8. The summed E-state index contributed by atoms with van der Waals surface area (Å²) in [6.07, 6.45) is 1.82. The number of para-hydroxylation sites is 1. The lowest BCUT2D eigenvalue weighted by Gasteiger charge is -2.08. The molecule has 0 aliphatic heterocycles. The molecule has 2 amide bonds. The average Bonchev–Trinajstić information content (AvgIpc) is 3.22. The normalized spacial score (nSPS) is 11.2. The van der Waals surface area contributed by atoms with Gasteiger partial charge in [-0.3, -0.25) is 0 Å². The van der Waals surface area contributed by atoms with E-state index in [1.165, 1.54) is 22.5 Å². The van der Waals surface area contributed by atoms with Gasteiger partial charge in [0.2, 0.25) is 4.80 Å². The second-order valence-corrected chi connectivity index (χ2v) is 7.63. The first-order chi connectivity index (χ1) is 15.2. The summed E-state index contributed by atoms with van der Waals surface area (Å²) in [6.45, 7) is 4.44. The Kier molecular flexibility index (Phi) is 6.40. The maximum absolute atomic E-state index is 12.2. The molecule has 2 N–H and O–H groups in total. The number of thiazole rings is 1. The second-order valence-electron chi connectivity index (χ2n) is 6.79. The molecule has 0 aliphatic rings. The van der Waals surface area contributed by atoms with E-state index < -0.39 is 6.03 Å². The lowest BCUT2D eigenvalue weighted by Crippen LogP contribution is -2.28. The van der Waals surface area contributed by atoms with E-state index in [1.807, 2.05) is 64.6 Å². The van der Waals surface area contributed by atoms with Crippen LogP contribution in [-0.4, -0.2) is 10.6 Å². The molecule has 6 heteroatoms. The Labute approximate surface area is 185 Å². The Morgan fingerprint density at radius 2 is 1.52 bits per heavy atom. The van der Waals surface area contributed by atoms with Crippen molar-refractivity contribution in [3.05, 3.63) is 108 Å². The molecule has 4 rings (SSSR count). The van der Waals surface area contributed by atoms with Crippen molar-refractivity contribution >= 4 is 23.1 Å². The van der Waals surface area contributed by atoms with E-state index in [0.717, 1.165) is 11.3 Å². The van der Waals surface area contributed by atoms with E-state index in [9.17, 15) is 4.79 Å². The van der Waals surface area contributed by atoms with E-state index in [1.54, 1.807) is 0 Å². The lowest BCUT2D eigenvalue weighted by molar-refractivity contribution is 0.252. The predicted molar refractivity (Wildman–Crippen MR) is 128 cm³/mol. The number of nitrogens with one attached hydrogen (secondary N) is 2. The summed E-state index contributed by atoms with van der Waals surface area (Å²) < 4.78 is 2.03. The van der Waals surface area contributed by atoms with Gasteiger partial charge in [0.1, 0.15) is 0 Å². The van der Waals surface area contributed by atoms with Crippen LogP contribution in [0.5, 0.6) is 0 Å². The van der Waals surface area contributed by atoms with Crippen LogP contribution < -0.4 is 15.5 Å². The highest BCUT2D eigenvalue weighted by Gasteiger charge is 2.08. The summed E-state index contributed by atoms with van der Waals surface area (Å²) in [6, 6.07) is 27.6. The Balaban J connectivity index is 1.56. The molecule has 0 unspecified atom stereocenters. The molecule has 31 heavy (non-hydrogen) atoms. The molecule has 4 aromatic rings. The van der Waals surface area contributed by atoms with E-state index in [2.05, 4.69) is 58.8 Å². The van der Waals surface area contributed by atoms with Crippen LogP contribution in [0.15, 0.2) is 108 Å². The molecule has 0 bridgehead atoms. The number of anilines is 1. The first-order valence-corrected chi connectivity index (χ1v) is 10.7. The molecule has 0 fully saturated rings. The number of benzene rings is 3. The Morgan fingerprint density at radius 1 is 0.903 bits per heavy atom. The van der Waals surface area contributed by atoms with Crippen LogP contribution in [-0.2, 0) is 6.54 Å². The van der Waals surface area contributed by atoms with Crippen molar-refractivity contribution in [3.8, 4) is 22.4 Å². The fourth-order valence-corrected chi connectivity index (χ4v) is 4.08. The van der Waals surface area contributed by atoms with Crippen LogP contribution in [0.1, 0.15) is 0 Å².